The van der Waals surface area contributed by atoms with Gasteiger partial charge in [-0.25, -0.2) is 9.37 Å². The quantitative estimate of drug-likeness (QED) is 0.371. The molecule has 14 heteroatoms. The Kier molecular flexibility index (Phi) is 7.31. The number of imidazole rings is 1. The number of anilines is 2. The van der Waals surface area contributed by atoms with Crippen molar-refractivity contribution in [3.8, 4) is 0 Å². The summed E-state index contributed by atoms with van der Waals surface area (Å²) in [5, 5.41) is 5.38. The normalized spacial score (nSPS) is 22.6. The van der Waals surface area contributed by atoms with Crippen molar-refractivity contribution < 1.29 is 27.7 Å². The van der Waals surface area contributed by atoms with Crippen molar-refractivity contribution in [2.75, 3.05) is 24.7 Å². The van der Waals surface area contributed by atoms with E-state index in [4.69, 9.17) is 19.7 Å². The summed E-state index contributed by atoms with van der Waals surface area (Å²) in [6.07, 6.45) is -1.87. The molecule has 1 unspecified atom stereocenters. The summed E-state index contributed by atoms with van der Waals surface area (Å²) in [5.74, 6) is -0.111. The van der Waals surface area contributed by atoms with Crippen molar-refractivity contribution in [3.05, 3.63) is 6.33 Å². The maximum Gasteiger partial charge on any atom is 0.613 e. The summed E-state index contributed by atoms with van der Waals surface area (Å²) < 4.78 is 44.2. The standard InChI is InChI=1S/C17H26FN7O5P/c1-8(2)29-16(26)9(3)24-31(27)28-6-10-5-11(18)15(30-10)25-7-21-12-13(20-4)22-17(19)23-14(12)25/h7-11,15H,5-6H2,1-4H3,(H,24,27)(H3,19,20,22,23)/q+1/t9-,10+,11+,15-/m1/s1. The third-order valence-electron chi connectivity index (χ3n) is 4.46. The predicted molar refractivity (Wildman–Crippen MR) is 110 cm³/mol. The van der Waals surface area contributed by atoms with Gasteiger partial charge in [-0.2, -0.15) is 9.97 Å². The second-order valence-corrected chi connectivity index (χ2v) is 8.32. The third kappa shape index (κ3) is 5.42. The highest BCUT2D eigenvalue weighted by atomic mass is 31.1. The highest BCUT2D eigenvalue weighted by molar-refractivity contribution is 7.36. The first-order valence-corrected chi connectivity index (χ1v) is 10.9. The van der Waals surface area contributed by atoms with Gasteiger partial charge in [-0.3, -0.25) is 9.36 Å². The summed E-state index contributed by atoms with van der Waals surface area (Å²) >= 11 is 0. The zero-order valence-corrected chi connectivity index (χ0v) is 18.5. The number of fused-ring (bicyclic) bond motifs is 1. The van der Waals surface area contributed by atoms with Crippen LogP contribution in [-0.2, 0) is 23.4 Å². The molecule has 1 fully saturated rings. The Labute approximate surface area is 179 Å². The fraction of sp³-hybridized carbons (Fsp3) is 0.647. The molecule has 0 saturated carbocycles. The molecule has 1 saturated heterocycles. The number of halogens is 1. The topological polar surface area (TPSA) is 156 Å². The lowest BCUT2D eigenvalue weighted by Crippen LogP contribution is -2.33. The smallest absolute Gasteiger partial charge is 0.462 e. The largest absolute Gasteiger partial charge is 0.613 e. The fourth-order valence-corrected chi connectivity index (χ4v) is 3.88. The lowest BCUT2D eigenvalue weighted by Gasteiger charge is -2.15. The van der Waals surface area contributed by atoms with Gasteiger partial charge in [-0.05, 0) is 25.3 Å². The number of ether oxygens (including phenoxy) is 2. The first kappa shape index (κ1) is 23.2. The Hall–Kier alpha value is -2.47. The number of alkyl halides is 1. The van der Waals surface area contributed by atoms with E-state index in [1.165, 1.54) is 17.8 Å². The van der Waals surface area contributed by atoms with Gasteiger partial charge in [0.2, 0.25) is 5.95 Å². The lowest BCUT2D eigenvalue weighted by molar-refractivity contribution is -0.149. The molecule has 4 N–H and O–H groups in total. The summed E-state index contributed by atoms with van der Waals surface area (Å²) in [6.45, 7) is 4.81. The molecular formula is C17H26FN7O5P+. The number of nitrogens with two attached hydrogens (primary N) is 1. The van der Waals surface area contributed by atoms with Crippen LogP contribution >= 0.6 is 8.18 Å². The average Bonchev–Trinajstić information content (AvgIpc) is 3.27. The van der Waals surface area contributed by atoms with Crippen LogP contribution in [0.15, 0.2) is 6.33 Å². The van der Waals surface area contributed by atoms with Gasteiger partial charge in [-0.15, -0.1) is 4.52 Å². The number of carbonyl (C=O) groups is 1. The molecule has 5 atom stereocenters. The minimum Gasteiger partial charge on any atom is -0.462 e. The molecule has 3 heterocycles. The monoisotopic (exact) mass is 458 g/mol. The number of hydrogen-bond donors (Lipinski definition) is 3. The summed E-state index contributed by atoms with van der Waals surface area (Å²) in [7, 11) is -0.711. The minimum atomic E-state index is -2.37. The molecule has 1 aliphatic heterocycles. The van der Waals surface area contributed by atoms with E-state index in [-0.39, 0.29) is 25.1 Å². The first-order chi connectivity index (χ1) is 14.7. The van der Waals surface area contributed by atoms with E-state index < -0.39 is 38.7 Å². The first-order valence-electron chi connectivity index (χ1n) is 9.73. The Morgan fingerprint density at radius 2 is 2.19 bits per heavy atom. The number of nitrogens with zero attached hydrogens (tertiary/aromatic N) is 4. The van der Waals surface area contributed by atoms with E-state index in [2.05, 4.69) is 25.4 Å². The van der Waals surface area contributed by atoms with Crippen molar-refractivity contribution in [2.24, 2.45) is 0 Å². The minimum absolute atomic E-state index is 0.0140. The molecule has 31 heavy (non-hydrogen) atoms. The Morgan fingerprint density at radius 3 is 2.87 bits per heavy atom. The second kappa shape index (κ2) is 9.77. The molecule has 0 spiro atoms. The van der Waals surface area contributed by atoms with Gasteiger partial charge in [0.05, 0.1) is 18.5 Å². The number of aromatic nitrogens is 4. The van der Waals surface area contributed by atoms with Crippen molar-refractivity contribution in [1.82, 2.24) is 24.6 Å². The molecule has 0 amide bonds. The van der Waals surface area contributed by atoms with Gasteiger partial charge in [0.1, 0.15) is 18.8 Å². The molecule has 2 aromatic heterocycles. The maximum atomic E-state index is 14.7. The van der Waals surface area contributed by atoms with E-state index in [0.29, 0.717) is 17.0 Å². The summed E-state index contributed by atoms with van der Waals surface area (Å²) in [5.41, 5.74) is 6.49. The summed E-state index contributed by atoms with van der Waals surface area (Å²) in [4.78, 5) is 24.2. The predicted octanol–water partition coefficient (Wildman–Crippen LogP) is 1.68. The Morgan fingerprint density at radius 1 is 1.45 bits per heavy atom. The van der Waals surface area contributed by atoms with Crippen LogP contribution in [0.4, 0.5) is 16.2 Å². The fourth-order valence-electron chi connectivity index (χ4n) is 3.08. The number of carbonyl (C=O) groups excluding carboxylic acids is 1. The molecule has 2 aromatic rings. The van der Waals surface area contributed by atoms with Crippen LogP contribution in [0, 0.1) is 0 Å². The van der Waals surface area contributed by atoms with E-state index >= 15 is 0 Å². The van der Waals surface area contributed by atoms with Crippen LogP contribution < -0.4 is 16.1 Å². The summed E-state index contributed by atoms with van der Waals surface area (Å²) in [6, 6.07) is -0.819. The van der Waals surface area contributed by atoms with Crippen LogP contribution in [-0.4, -0.2) is 63.6 Å². The molecular weight excluding hydrogens is 432 g/mol. The highest BCUT2D eigenvalue weighted by Crippen LogP contribution is 2.35. The average molecular weight is 458 g/mol. The number of nitrogen functional groups attached to an aromatic ring is 1. The van der Waals surface area contributed by atoms with Crippen LogP contribution in [0.25, 0.3) is 11.2 Å². The molecule has 170 valence electrons. The van der Waals surface area contributed by atoms with E-state index in [0.717, 1.165) is 0 Å². The molecule has 3 rings (SSSR count). The third-order valence-corrected chi connectivity index (χ3v) is 5.44. The molecule has 1 aliphatic rings. The van der Waals surface area contributed by atoms with Crippen LogP contribution in [0.2, 0.25) is 0 Å². The number of rotatable bonds is 9. The number of nitrogens with one attached hydrogen (secondary N) is 2. The van der Waals surface area contributed by atoms with Gasteiger partial charge in [0.15, 0.2) is 23.2 Å². The van der Waals surface area contributed by atoms with Gasteiger partial charge >= 0.3 is 14.1 Å². The van der Waals surface area contributed by atoms with Gasteiger partial charge in [0, 0.05) is 13.5 Å². The molecule has 0 aliphatic carbocycles. The van der Waals surface area contributed by atoms with Gasteiger partial charge in [-0.1, -0.05) is 5.09 Å². The number of esters is 1. The van der Waals surface area contributed by atoms with E-state index in [9.17, 15) is 13.8 Å². The van der Waals surface area contributed by atoms with Crippen molar-refractivity contribution >= 4 is 37.1 Å². The highest BCUT2D eigenvalue weighted by Gasteiger charge is 2.40. The van der Waals surface area contributed by atoms with Crippen LogP contribution in [0.5, 0.6) is 0 Å². The second-order valence-electron chi connectivity index (χ2n) is 7.29. The van der Waals surface area contributed by atoms with Crippen molar-refractivity contribution in [3.63, 3.8) is 0 Å². The zero-order chi connectivity index (χ0) is 22.7. The van der Waals surface area contributed by atoms with E-state index in [1.807, 2.05) is 0 Å². The van der Waals surface area contributed by atoms with Crippen LogP contribution in [0.1, 0.15) is 33.4 Å². The SMILES string of the molecule is CNc1nc(N)nc2c1ncn2[C@@H]1O[C@H](CO[P+](=O)N[C@H](C)C(=O)OC(C)C)C[C@@H]1F. The van der Waals surface area contributed by atoms with Gasteiger partial charge in [0.25, 0.3) is 0 Å². The van der Waals surface area contributed by atoms with Crippen LogP contribution in [0.3, 0.4) is 0 Å². The molecule has 0 radical (unpaired) electrons. The number of hydrogen-bond acceptors (Lipinski definition) is 10. The van der Waals surface area contributed by atoms with Gasteiger partial charge < -0.3 is 20.5 Å². The van der Waals surface area contributed by atoms with E-state index in [1.54, 1.807) is 20.9 Å². The Bertz CT molecular complexity index is 958. The Balaban J connectivity index is 1.59. The van der Waals surface area contributed by atoms with Crippen molar-refractivity contribution in [2.45, 2.75) is 57.8 Å². The molecule has 0 aromatic carbocycles. The lowest BCUT2D eigenvalue weighted by atomic mass is 10.2. The van der Waals surface area contributed by atoms with Crippen molar-refractivity contribution in [1.29, 1.82) is 0 Å². The molecule has 12 nitrogen and oxygen atoms in total. The maximum absolute atomic E-state index is 14.7. The zero-order valence-electron chi connectivity index (χ0n) is 17.6. The molecule has 0 bridgehead atoms.